The standard InChI is InChI=1S/C14H14BrClN2O2S/c15-14-7-12(16)4-3-11(14)9-18-8-10-1-5-13(6-2-10)21(17,19)20/h1-7,18H,8-9H2,(H2,17,19,20). The molecule has 0 amide bonds. The molecule has 0 radical (unpaired) electrons. The van der Waals surface area contributed by atoms with E-state index in [1.807, 2.05) is 18.2 Å². The van der Waals surface area contributed by atoms with Crippen molar-refractivity contribution in [1.82, 2.24) is 5.32 Å². The summed E-state index contributed by atoms with van der Waals surface area (Å²) in [6.45, 7) is 1.30. The molecule has 3 N–H and O–H groups in total. The van der Waals surface area contributed by atoms with Gasteiger partial charge in [0, 0.05) is 22.6 Å². The molecule has 0 saturated heterocycles. The van der Waals surface area contributed by atoms with Crippen LogP contribution in [0.25, 0.3) is 0 Å². The fourth-order valence-corrected chi connectivity index (χ4v) is 3.14. The lowest BCUT2D eigenvalue weighted by Gasteiger charge is -2.08. The third kappa shape index (κ3) is 4.79. The lowest BCUT2D eigenvalue weighted by molar-refractivity contribution is 0.597. The van der Waals surface area contributed by atoms with Crippen molar-refractivity contribution in [3.05, 3.63) is 63.1 Å². The van der Waals surface area contributed by atoms with Crippen molar-refractivity contribution in [3.63, 3.8) is 0 Å². The van der Waals surface area contributed by atoms with E-state index >= 15 is 0 Å². The molecule has 0 bridgehead atoms. The summed E-state index contributed by atoms with van der Waals surface area (Å²) in [7, 11) is -3.63. The minimum absolute atomic E-state index is 0.117. The topological polar surface area (TPSA) is 72.2 Å². The quantitative estimate of drug-likeness (QED) is 0.825. The smallest absolute Gasteiger partial charge is 0.238 e. The minimum atomic E-state index is -3.63. The molecule has 2 aromatic carbocycles. The molecule has 2 aromatic rings. The predicted molar refractivity (Wildman–Crippen MR) is 87.5 cm³/mol. The lowest BCUT2D eigenvalue weighted by atomic mass is 10.2. The summed E-state index contributed by atoms with van der Waals surface area (Å²) < 4.78 is 23.3. The van der Waals surface area contributed by atoms with E-state index in [-0.39, 0.29) is 4.90 Å². The summed E-state index contributed by atoms with van der Waals surface area (Å²) in [6.07, 6.45) is 0. The number of hydrogen-bond acceptors (Lipinski definition) is 3. The van der Waals surface area contributed by atoms with Gasteiger partial charge in [-0.1, -0.05) is 45.7 Å². The van der Waals surface area contributed by atoms with Crippen molar-refractivity contribution in [2.75, 3.05) is 0 Å². The van der Waals surface area contributed by atoms with Gasteiger partial charge in [-0.2, -0.15) is 0 Å². The molecule has 0 aromatic heterocycles. The van der Waals surface area contributed by atoms with Crippen LogP contribution in [0.3, 0.4) is 0 Å². The molecule has 0 aliphatic carbocycles. The normalized spacial score (nSPS) is 11.6. The van der Waals surface area contributed by atoms with Crippen molar-refractivity contribution < 1.29 is 8.42 Å². The molecule has 4 nitrogen and oxygen atoms in total. The molecule has 0 aliphatic heterocycles. The van der Waals surface area contributed by atoms with Crippen LogP contribution in [-0.2, 0) is 23.1 Å². The van der Waals surface area contributed by atoms with Gasteiger partial charge in [-0.05, 0) is 35.4 Å². The number of primary sulfonamides is 1. The highest BCUT2D eigenvalue weighted by Crippen LogP contribution is 2.21. The number of halogens is 2. The van der Waals surface area contributed by atoms with Gasteiger partial charge in [0.1, 0.15) is 0 Å². The molecule has 0 aliphatic rings. The summed E-state index contributed by atoms with van der Waals surface area (Å²) in [6, 6.07) is 12.1. The molecule has 0 atom stereocenters. The molecular formula is C14H14BrClN2O2S. The van der Waals surface area contributed by atoms with Gasteiger partial charge in [-0.3, -0.25) is 0 Å². The Morgan fingerprint density at radius 2 is 1.76 bits per heavy atom. The first kappa shape index (κ1) is 16.5. The Labute approximate surface area is 137 Å². The molecule has 0 saturated carbocycles. The predicted octanol–water partition coefficient (Wildman–Crippen LogP) is 3.04. The zero-order chi connectivity index (χ0) is 15.5. The molecule has 2 rings (SSSR count). The first-order valence-electron chi connectivity index (χ1n) is 6.12. The Hall–Kier alpha value is -0.920. The average Bonchev–Trinajstić information content (AvgIpc) is 2.41. The van der Waals surface area contributed by atoms with Crippen LogP contribution in [0, 0.1) is 0 Å². The second-order valence-electron chi connectivity index (χ2n) is 4.53. The van der Waals surface area contributed by atoms with Crippen LogP contribution in [-0.4, -0.2) is 8.42 Å². The van der Waals surface area contributed by atoms with Crippen LogP contribution >= 0.6 is 27.5 Å². The first-order chi connectivity index (χ1) is 9.86. The van der Waals surface area contributed by atoms with Crippen LogP contribution in [0.5, 0.6) is 0 Å². The second-order valence-corrected chi connectivity index (χ2v) is 7.38. The van der Waals surface area contributed by atoms with E-state index in [0.29, 0.717) is 18.1 Å². The molecule has 0 spiro atoms. The van der Waals surface area contributed by atoms with Gasteiger partial charge in [0.05, 0.1) is 4.90 Å². The van der Waals surface area contributed by atoms with Gasteiger partial charge in [-0.15, -0.1) is 0 Å². The lowest BCUT2D eigenvalue weighted by Crippen LogP contribution is -2.14. The molecule has 7 heteroatoms. The number of nitrogens with one attached hydrogen (secondary N) is 1. The Bertz CT molecular complexity index is 733. The van der Waals surface area contributed by atoms with Gasteiger partial charge in [-0.25, -0.2) is 13.6 Å². The molecule has 0 unspecified atom stereocenters. The van der Waals surface area contributed by atoms with Gasteiger partial charge < -0.3 is 5.32 Å². The minimum Gasteiger partial charge on any atom is -0.309 e. The maximum Gasteiger partial charge on any atom is 0.238 e. The zero-order valence-electron chi connectivity index (χ0n) is 11.0. The van der Waals surface area contributed by atoms with E-state index in [1.54, 1.807) is 12.1 Å². The highest BCUT2D eigenvalue weighted by Gasteiger charge is 2.06. The molecular weight excluding hydrogens is 376 g/mol. The van der Waals surface area contributed by atoms with Crippen LogP contribution in [0.15, 0.2) is 51.8 Å². The fraction of sp³-hybridized carbons (Fsp3) is 0.143. The molecule has 0 fully saturated rings. The molecule has 21 heavy (non-hydrogen) atoms. The van der Waals surface area contributed by atoms with E-state index in [0.717, 1.165) is 15.6 Å². The number of benzene rings is 2. The third-order valence-electron chi connectivity index (χ3n) is 2.91. The van der Waals surface area contributed by atoms with Gasteiger partial charge >= 0.3 is 0 Å². The number of nitrogens with two attached hydrogens (primary N) is 1. The van der Waals surface area contributed by atoms with Crippen LogP contribution < -0.4 is 10.5 Å². The van der Waals surface area contributed by atoms with Crippen molar-refractivity contribution in [2.24, 2.45) is 5.14 Å². The Kier molecular flexibility index (Phi) is 5.40. The van der Waals surface area contributed by atoms with Gasteiger partial charge in [0.2, 0.25) is 10.0 Å². The monoisotopic (exact) mass is 388 g/mol. The summed E-state index contributed by atoms with van der Waals surface area (Å²) >= 11 is 9.35. The summed E-state index contributed by atoms with van der Waals surface area (Å²) in [5, 5.41) is 9.02. The maximum absolute atomic E-state index is 11.2. The Morgan fingerprint density at radius 1 is 1.10 bits per heavy atom. The van der Waals surface area contributed by atoms with E-state index < -0.39 is 10.0 Å². The van der Waals surface area contributed by atoms with Gasteiger partial charge in [0.25, 0.3) is 0 Å². The summed E-state index contributed by atoms with van der Waals surface area (Å²) in [5.74, 6) is 0. The second kappa shape index (κ2) is 6.89. The van der Waals surface area contributed by atoms with Crippen LogP contribution in [0.1, 0.15) is 11.1 Å². The fourth-order valence-electron chi connectivity index (χ4n) is 1.80. The molecule has 112 valence electrons. The zero-order valence-corrected chi connectivity index (χ0v) is 14.2. The third-order valence-corrected chi connectivity index (χ3v) is 4.81. The molecule has 0 heterocycles. The van der Waals surface area contributed by atoms with E-state index in [9.17, 15) is 8.42 Å². The van der Waals surface area contributed by atoms with Crippen molar-refractivity contribution in [1.29, 1.82) is 0 Å². The largest absolute Gasteiger partial charge is 0.309 e. The van der Waals surface area contributed by atoms with Crippen molar-refractivity contribution in [3.8, 4) is 0 Å². The Balaban J connectivity index is 1.94. The number of rotatable bonds is 5. The summed E-state index contributed by atoms with van der Waals surface area (Å²) in [4.78, 5) is 0.117. The van der Waals surface area contributed by atoms with Crippen molar-refractivity contribution >= 4 is 37.6 Å². The van der Waals surface area contributed by atoms with Gasteiger partial charge in [0.15, 0.2) is 0 Å². The van der Waals surface area contributed by atoms with Crippen molar-refractivity contribution in [2.45, 2.75) is 18.0 Å². The van der Waals surface area contributed by atoms with Crippen LogP contribution in [0.2, 0.25) is 5.02 Å². The first-order valence-corrected chi connectivity index (χ1v) is 8.84. The number of hydrogen-bond donors (Lipinski definition) is 2. The SMILES string of the molecule is NS(=O)(=O)c1ccc(CNCc2ccc(Cl)cc2Br)cc1. The highest BCUT2D eigenvalue weighted by atomic mass is 79.9. The maximum atomic E-state index is 11.2. The van der Waals surface area contributed by atoms with E-state index in [1.165, 1.54) is 12.1 Å². The number of sulfonamides is 1. The van der Waals surface area contributed by atoms with E-state index in [2.05, 4.69) is 21.2 Å². The average molecular weight is 390 g/mol. The Morgan fingerprint density at radius 3 is 2.33 bits per heavy atom. The van der Waals surface area contributed by atoms with Crippen LogP contribution in [0.4, 0.5) is 0 Å². The van der Waals surface area contributed by atoms with E-state index in [4.69, 9.17) is 16.7 Å². The summed E-state index contributed by atoms with van der Waals surface area (Å²) in [5.41, 5.74) is 2.08. The highest BCUT2D eigenvalue weighted by molar-refractivity contribution is 9.10.